The Morgan fingerprint density at radius 1 is 0.857 bits per heavy atom. The SMILES string of the molecule is CC(C)c1sc2ccc(-c3ccccc3)cc2[n+]1C(C)C. The van der Waals surface area contributed by atoms with Crippen molar-refractivity contribution in [2.75, 3.05) is 0 Å². The summed E-state index contributed by atoms with van der Waals surface area (Å²) in [7, 11) is 0. The van der Waals surface area contributed by atoms with Gasteiger partial charge in [0.05, 0.1) is 0 Å². The van der Waals surface area contributed by atoms with Crippen LogP contribution in [0.1, 0.15) is 44.7 Å². The standard InChI is InChI=1S/C19H22NS/c1-13(2)19-20(14(3)4)17-12-16(10-11-18(17)21-19)15-8-6-5-7-9-15/h5-14H,1-4H3/q+1. The van der Waals surface area contributed by atoms with Crippen molar-refractivity contribution < 1.29 is 4.57 Å². The van der Waals surface area contributed by atoms with E-state index in [4.69, 9.17) is 0 Å². The van der Waals surface area contributed by atoms with Crippen molar-refractivity contribution in [2.24, 2.45) is 0 Å². The Labute approximate surface area is 130 Å². The summed E-state index contributed by atoms with van der Waals surface area (Å²) in [4.78, 5) is 0. The fraction of sp³-hybridized carbons (Fsp3) is 0.316. The molecule has 0 fully saturated rings. The second-order valence-electron chi connectivity index (χ2n) is 6.11. The summed E-state index contributed by atoms with van der Waals surface area (Å²) in [6.07, 6.45) is 0. The molecule has 0 amide bonds. The van der Waals surface area contributed by atoms with E-state index in [-0.39, 0.29) is 0 Å². The van der Waals surface area contributed by atoms with E-state index >= 15 is 0 Å². The van der Waals surface area contributed by atoms with Crippen LogP contribution in [-0.2, 0) is 0 Å². The molecule has 1 aromatic heterocycles. The van der Waals surface area contributed by atoms with Crippen LogP contribution in [0.15, 0.2) is 48.5 Å². The molecule has 21 heavy (non-hydrogen) atoms. The third kappa shape index (κ3) is 2.60. The van der Waals surface area contributed by atoms with Crippen molar-refractivity contribution in [3.8, 4) is 11.1 Å². The van der Waals surface area contributed by atoms with Crippen LogP contribution < -0.4 is 4.57 Å². The number of nitrogens with zero attached hydrogens (tertiary/aromatic N) is 1. The zero-order valence-corrected chi connectivity index (χ0v) is 13.9. The number of hydrogen-bond donors (Lipinski definition) is 0. The maximum atomic E-state index is 2.50. The Bertz CT molecular complexity index is 754. The van der Waals surface area contributed by atoms with Crippen molar-refractivity contribution >= 4 is 21.6 Å². The highest BCUT2D eigenvalue weighted by Gasteiger charge is 2.25. The lowest BCUT2D eigenvalue weighted by Crippen LogP contribution is -2.39. The van der Waals surface area contributed by atoms with Crippen LogP contribution in [0.2, 0.25) is 0 Å². The summed E-state index contributed by atoms with van der Waals surface area (Å²) in [5.41, 5.74) is 3.94. The minimum absolute atomic E-state index is 0.488. The normalized spacial score (nSPS) is 11.7. The van der Waals surface area contributed by atoms with Gasteiger partial charge in [-0.3, -0.25) is 0 Å². The van der Waals surface area contributed by atoms with Gasteiger partial charge in [0.2, 0.25) is 10.5 Å². The molecule has 0 aliphatic heterocycles. The molecule has 0 aliphatic carbocycles. The molecule has 0 aliphatic rings. The summed E-state index contributed by atoms with van der Waals surface area (Å²) in [6.45, 7) is 9.10. The van der Waals surface area contributed by atoms with E-state index in [1.165, 1.54) is 26.4 Å². The van der Waals surface area contributed by atoms with Gasteiger partial charge in [-0.2, -0.15) is 4.57 Å². The average molecular weight is 296 g/mol. The van der Waals surface area contributed by atoms with Gasteiger partial charge in [-0.1, -0.05) is 61.6 Å². The fourth-order valence-corrected chi connectivity index (χ4v) is 4.08. The van der Waals surface area contributed by atoms with E-state index in [1.54, 1.807) is 0 Å². The number of aromatic nitrogens is 1. The highest BCUT2D eigenvalue weighted by Crippen LogP contribution is 2.30. The third-order valence-corrected chi connectivity index (χ3v) is 5.23. The quantitative estimate of drug-likeness (QED) is 0.557. The van der Waals surface area contributed by atoms with Gasteiger partial charge in [-0.15, -0.1) is 0 Å². The lowest BCUT2D eigenvalue weighted by molar-refractivity contribution is -0.695. The molecule has 0 saturated carbocycles. The molecular formula is C19H22NS+. The molecule has 0 atom stereocenters. The van der Waals surface area contributed by atoms with E-state index in [2.05, 4.69) is 80.8 Å². The largest absolute Gasteiger partial charge is 0.241 e. The topological polar surface area (TPSA) is 3.88 Å². The molecule has 1 heterocycles. The zero-order chi connectivity index (χ0) is 15.0. The van der Waals surface area contributed by atoms with Gasteiger partial charge in [0.15, 0.2) is 6.04 Å². The average Bonchev–Trinajstić information content (AvgIpc) is 2.87. The van der Waals surface area contributed by atoms with Gasteiger partial charge in [0.25, 0.3) is 0 Å². The molecule has 2 aromatic carbocycles. The Kier molecular flexibility index (Phi) is 3.81. The summed E-state index contributed by atoms with van der Waals surface area (Å²) in [5.74, 6) is 0.560. The Hall–Kier alpha value is -1.67. The number of thiazole rings is 1. The molecule has 0 unspecified atom stereocenters. The molecule has 2 heteroatoms. The van der Waals surface area contributed by atoms with Crippen LogP contribution in [0.25, 0.3) is 21.3 Å². The Balaban J connectivity index is 2.23. The molecule has 0 bridgehead atoms. The molecule has 3 aromatic rings. The van der Waals surface area contributed by atoms with Gasteiger partial charge in [0.1, 0.15) is 4.70 Å². The van der Waals surface area contributed by atoms with Crippen molar-refractivity contribution in [2.45, 2.75) is 39.7 Å². The lowest BCUT2D eigenvalue weighted by atomic mass is 10.1. The number of hydrogen-bond acceptors (Lipinski definition) is 1. The Morgan fingerprint density at radius 2 is 1.57 bits per heavy atom. The fourth-order valence-electron chi connectivity index (χ4n) is 2.81. The van der Waals surface area contributed by atoms with Crippen molar-refractivity contribution in [3.63, 3.8) is 0 Å². The summed E-state index contributed by atoms with van der Waals surface area (Å²) < 4.78 is 3.88. The highest BCUT2D eigenvalue weighted by atomic mass is 32.1. The van der Waals surface area contributed by atoms with Gasteiger partial charge in [0, 0.05) is 12.0 Å². The first kappa shape index (κ1) is 14.3. The first-order chi connectivity index (χ1) is 10.1. The van der Waals surface area contributed by atoms with E-state index in [9.17, 15) is 0 Å². The summed E-state index contributed by atoms with van der Waals surface area (Å²) >= 11 is 1.93. The molecule has 0 N–H and O–H groups in total. The third-order valence-electron chi connectivity index (χ3n) is 3.79. The van der Waals surface area contributed by atoms with Gasteiger partial charge >= 0.3 is 0 Å². The smallest absolute Gasteiger partial charge is 0.184 e. The summed E-state index contributed by atoms with van der Waals surface area (Å²) in [6, 6.07) is 18.0. The van der Waals surface area contributed by atoms with Crippen LogP contribution in [0.5, 0.6) is 0 Å². The second kappa shape index (κ2) is 5.61. The van der Waals surface area contributed by atoms with Gasteiger partial charge in [-0.05, 0) is 31.0 Å². The van der Waals surface area contributed by atoms with Crippen LogP contribution in [0, 0.1) is 0 Å². The molecule has 3 rings (SSSR count). The minimum atomic E-state index is 0.488. The van der Waals surface area contributed by atoms with E-state index in [0.717, 1.165) is 0 Å². The number of rotatable bonds is 3. The minimum Gasteiger partial charge on any atom is -0.184 e. The predicted molar refractivity (Wildman–Crippen MR) is 91.9 cm³/mol. The van der Waals surface area contributed by atoms with E-state index in [0.29, 0.717) is 12.0 Å². The first-order valence-electron chi connectivity index (χ1n) is 7.61. The summed E-state index contributed by atoms with van der Waals surface area (Å²) in [5, 5.41) is 1.46. The van der Waals surface area contributed by atoms with Crippen LogP contribution in [-0.4, -0.2) is 0 Å². The Morgan fingerprint density at radius 3 is 2.19 bits per heavy atom. The van der Waals surface area contributed by atoms with E-state index in [1.807, 2.05) is 11.3 Å². The van der Waals surface area contributed by atoms with E-state index < -0.39 is 0 Å². The lowest BCUT2D eigenvalue weighted by Gasteiger charge is -2.05. The molecule has 0 spiro atoms. The molecular weight excluding hydrogens is 274 g/mol. The molecule has 1 nitrogen and oxygen atoms in total. The first-order valence-corrected chi connectivity index (χ1v) is 8.43. The monoisotopic (exact) mass is 296 g/mol. The van der Waals surface area contributed by atoms with Gasteiger partial charge < -0.3 is 0 Å². The second-order valence-corrected chi connectivity index (χ2v) is 7.17. The predicted octanol–water partition coefficient (Wildman–Crippen LogP) is 5.56. The maximum absolute atomic E-state index is 2.50. The van der Waals surface area contributed by atoms with Crippen LogP contribution in [0.4, 0.5) is 0 Å². The van der Waals surface area contributed by atoms with Crippen LogP contribution >= 0.6 is 11.3 Å². The van der Waals surface area contributed by atoms with Crippen molar-refractivity contribution in [1.29, 1.82) is 0 Å². The molecule has 0 saturated heterocycles. The molecule has 0 radical (unpaired) electrons. The van der Waals surface area contributed by atoms with Crippen LogP contribution in [0.3, 0.4) is 0 Å². The van der Waals surface area contributed by atoms with Crippen molar-refractivity contribution in [3.05, 3.63) is 53.5 Å². The molecule has 108 valence electrons. The maximum Gasteiger partial charge on any atom is 0.241 e. The number of benzene rings is 2. The zero-order valence-electron chi connectivity index (χ0n) is 13.1. The number of fused-ring (bicyclic) bond motifs is 1. The van der Waals surface area contributed by atoms with Crippen molar-refractivity contribution in [1.82, 2.24) is 0 Å². The highest BCUT2D eigenvalue weighted by molar-refractivity contribution is 7.18. The van der Waals surface area contributed by atoms with Gasteiger partial charge in [-0.25, -0.2) is 0 Å².